The van der Waals surface area contributed by atoms with Gasteiger partial charge in [0.05, 0.1) is 15.6 Å². The van der Waals surface area contributed by atoms with Crippen molar-refractivity contribution in [2.24, 2.45) is 0 Å². The Labute approximate surface area is 141 Å². The molecule has 1 fully saturated rings. The third-order valence-electron chi connectivity index (χ3n) is 3.46. The quantitative estimate of drug-likeness (QED) is 0.885. The Bertz CT molecular complexity index is 616. The molecule has 8 heteroatoms. The summed E-state index contributed by atoms with van der Waals surface area (Å²) >= 11 is 12.0. The summed E-state index contributed by atoms with van der Waals surface area (Å²) < 4.78 is 26.8. The molecule has 1 aliphatic rings. The van der Waals surface area contributed by atoms with Crippen LogP contribution in [-0.4, -0.2) is 61.1 Å². The van der Waals surface area contributed by atoms with Gasteiger partial charge in [-0.2, -0.15) is 4.31 Å². The minimum Gasteiger partial charge on any atom is -0.389 e. The first-order valence-electron chi connectivity index (χ1n) is 7.00. The Hall–Kier alpha value is -0.370. The number of nitrogens with zero attached hydrogens (tertiary/aromatic N) is 2. The molecule has 1 aromatic carbocycles. The molecule has 0 aliphatic carbocycles. The van der Waals surface area contributed by atoms with E-state index in [1.807, 2.05) is 4.90 Å². The maximum Gasteiger partial charge on any atom is 0.246 e. The Balaban J connectivity index is 2.14. The van der Waals surface area contributed by atoms with E-state index in [-0.39, 0.29) is 14.9 Å². The summed E-state index contributed by atoms with van der Waals surface area (Å²) in [4.78, 5) is 2.01. The number of sulfonamides is 1. The average molecular weight is 367 g/mol. The molecular formula is C14H20Cl2N2O3S. The zero-order valence-electron chi connectivity index (χ0n) is 12.6. The van der Waals surface area contributed by atoms with Gasteiger partial charge < -0.3 is 5.11 Å². The number of hydrogen-bond acceptors (Lipinski definition) is 4. The fraction of sp³-hybridized carbons (Fsp3) is 0.571. The maximum atomic E-state index is 12.7. The SMILES string of the molecule is CC(C)(O)CN1CCN(S(=O)(=O)c2c(Cl)cccc2Cl)CC1. The van der Waals surface area contributed by atoms with Crippen molar-refractivity contribution in [3.8, 4) is 0 Å². The van der Waals surface area contributed by atoms with Gasteiger partial charge in [-0.05, 0) is 26.0 Å². The van der Waals surface area contributed by atoms with E-state index in [2.05, 4.69) is 0 Å². The number of benzene rings is 1. The second kappa shape index (κ2) is 6.63. The molecule has 124 valence electrons. The first-order valence-corrected chi connectivity index (χ1v) is 9.20. The monoisotopic (exact) mass is 366 g/mol. The molecule has 1 aliphatic heterocycles. The van der Waals surface area contributed by atoms with Crippen molar-refractivity contribution >= 4 is 33.2 Å². The van der Waals surface area contributed by atoms with E-state index in [0.29, 0.717) is 32.7 Å². The van der Waals surface area contributed by atoms with E-state index >= 15 is 0 Å². The van der Waals surface area contributed by atoms with E-state index < -0.39 is 15.6 Å². The Morgan fingerprint density at radius 3 is 2.09 bits per heavy atom. The zero-order valence-corrected chi connectivity index (χ0v) is 14.9. The summed E-state index contributed by atoms with van der Waals surface area (Å²) in [5.74, 6) is 0. The highest BCUT2D eigenvalue weighted by Crippen LogP contribution is 2.31. The van der Waals surface area contributed by atoms with Crippen LogP contribution in [0.4, 0.5) is 0 Å². The lowest BCUT2D eigenvalue weighted by Gasteiger charge is -2.36. The Morgan fingerprint density at radius 1 is 1.14 bits per heavy atom. The third-order valence-corrected chi connectivity index (χ3v) is 6.31. The van der Waals surface area contributed by atoms with Crippen LogP contribution in [0.15, 0.2) is 23.1 Å². The topological polar surface area (TPSA) is 60.9 Å². The van der Waals surface area contributed by atoms with Crippen LogP contribution in [-0.2, 0) is 10.0 Å². The lowest BCUT2D eigenvalue weighted by molar-refractivity contribution is 0.0263. The fourth-order valence-electron chi connectivity index (χ4n) is 2.53. The first kappa shape index (κ1) is 18.0. The van der Waals surface area contributed by atoms with Crippen LogP contribution >= 0.6 is 23.2 Å². The zero-order chi connectivity index (χ0) is 16.5. The average Bonchev–Trinajstić information content (AvgIpc) is 2.36. The second-order valence-electron chi connectivity index (χ2n) is 6.04. The molecule has 0 radical (unpaired) electrons. The second-order valence-corrected chi connectivity index (χ2v) is 8.73. The van der Waals surface area contributed by atoms with Crippen molar-refractivity contribution in [1.29, 1.82) is 0 Å². The van der Waals surface area contributed by atoms with E-state index in [9.17, 15) is 13.5 Å². The Kier molecular flexibility index (Phi) is 5.42. The molecule has 0 unspecified atom stereocenters. The molecule has 0 aromatic heterocycles. The lowest BCUT2D eigenvalue weighted by atomic mass is 10.1. The highest BCUT2D eigenvalue weighted by Gasteiger charge is 2.32. The standard InChI is InChI=1S/C14H20Cl2N2O3S/c1-14(2,19)10-17-6-8-18(9-7-17)22(20,21)13-11(15)4-3-5-12(13)16/h3-5,19H,6-10H2,1-2H3. The third kappa shape index (κ3) is 4.13. The minimum absolute atomic E-state index is 0.0331. The minimum atomic E-state index is -3.71. The van der Waals surface area contributed by atoms with Crippen molar-refractivity contribution in [2.45, 2.75) is 24.3 Å². The molecule has 5 nitrogen and oxygen atoms in total. The maximum absolute atomic E-state index is 12.7. The summed E-state index contributed by atoms with van der Waals surface area (Å²) in [5, 5.41) is 10.1. The molecule has 0 spiro atoms. The molecule has 0 amide bonds. The van der Waals surface area contributed by atoms with Gasteiger partial charge >= 0.3 is 0 Å². The highest BCUT2D eigenvalue weighted by atomic mass is 35.5. The van der Waals surface area contributed by atoms with Gasteiger partial charge in [-0.3, -0.25) is 4.90 Å². The molecule has 1 saturated heterocycles. The molecule has 1 aromatic rings. The molecule has 0 atom stereocenters. The Morgan fingerprint density at radius 2 is 1.64 bits per heavy atom. The number of β-amino-alcohol motifs (C(OH)–C–C–N with tert-alkyl or cyclic N) is 1. The summed E-state index contributed by atoms with van der Waals surface area (Å²) in [6, 6.07) is 4.65. The number of rotatable bonds is 4. The van der Waals surface area contributed by atoms with Crippen LogP contribution in [0, 0.1) is 0 Å². The molecule has 1 heterocycles. The number of aliphatic hydroxyl groups is 1. The van der Waals surface area contributed by atoms with Gasteiger partial charge in [-0.25, -0.2) is 8.42 Å². The summed E-state index contributed by atoms with van der Waals surface area (Å²) in [6.07, 6.45) is 0. The number of halogens is 2. The lowest BCUT2D eigenvalue weighted by Crippen LogP contribution is -2.51. The summed E-state index contributed by atoms with van der Waals surface area (Å²) in [6.45, 7) is 5.80. The number of piperazine rings is 1. The van der Waals surface area contributed by atoms with Crippen LogP contribution < -0.4 is 0 Å². The first-order chi connectivity index (χ1) is 10.1. The van der Waals surface area contributed by atoms with Crippen molar-refractivity contribution < 1.29 is 13.5 Å². The van der Waals surface area contributed by atoms with Gasteiger partial charge in [0.25, 0.3) is 0 Å². The normalized spacial score (nSPS) is 18.6. The smallest absolute Gasteiger partial charge is 0.246 e. The molecular weight excluding hydrogens is 347 g/mol. The van der Waals surface area contributed by atoms with Crippen molar-refractivity contribution in [3.05, 3.63) is 28.2 Å². The summed E-state index contributed by atoms with van der Waals surface area (Å²) in [5.41, 5.74) is -0.799. The molecule has 2 rings (SSSR count). The molecule has 22 heavy (non-hydrogen) atoms. The van der Waals surface area contributed by atoms with Gasteiger partial charge in [0.1, 0.15) is 4.90 Å². The van der Waals surface area contributed by atoms with Crippen LogP contribution in [0.3, 0.4) is 0 Å². The molecule has 1 N–H and O–H groups in total. The summed E-state index contributed by atoms with van der Waals surface area (Å²) in [7, 11) is -3.71. The number of hydrogen-bond donors (Lipinski definition) is 1. The fourth-order valence-corrected chi connectivity index (χ4v) is 5.05. The van der Waals surface area contributed by atoms with E-state index in [1.54, 1.807) is 19.9 Å². The van der Waals surface area contributed by atoms with Crippen LogP contribution in [0.2, 0.25) is 10.0 Å². The van der Waals surface area contributed by atoms with Gasteiger partial charge in [0.2, 0.25) is 10.0 Å². The van der Waals surface area contributed by atoms with Gasteiger partial charge in [-0.1, -0.05) is 29.3 Å². The molecule has 0 bridgehead atoms. The van der Waals surface area contributed by atoms with E-state index in [1.165, 1.54) is 16.4 Å². The van der Waals surface area contributed by atoms with Crippen LogP contribution in [0.1, 0.15) is 13.8 Å². The van der Waals surface area contributed by atoms with Crippen molar-refractivity contribution in [3.63, 3.8) is 0 Å². The van der Waals surface area contributed by atoms with Crippen molar-refractivity contribution in [1.82, 2.24) is 9.21 Å². The highest BCUT2D eigenvalue weighted by molar-refractivity contribution is 7.89. The van der Waals surface area contributed by atoms with Crippen molar-refractivity contribution in [2.75, 3.05) is 32.7 Å². The van der Waals surface area contributed by atoms with E-state index in [4.69, 9.17) is 23.2 Å². The molecule has 0 saturated carbocycles. The van der Waals surface area contributed by atoms with Gasteiger partial charge in [0.15, 0.2) is 0 Å². The van der Waals surface area contributed by atoms with Crippen LogP contribution in [0.25, 0.3) is 0 Å². The van der Waals surface area contributed by atoms with Crippen LogP contribution in [0.5, 0.6) is 0 Å². The van der Waals surface area contributed by atoms with Gasteiger partial charge in [-0.15, -0.1) is 0 Å². The predicted molar refractivity (Wildman–Crippen MR) is 88.0 cm³/mol. The van der Waals surface area contributed by atoms with Gasteiger partial charge in [0, 0.05) is 32.7 Å². The predicted octanol–water partition coefficient (Wildman–Crippen LogP) is 2.07. The largest absolute Gasteiger partial charge is 0.389 e. The van der Waals surface area contributed by atoms with E-state index in [0.717, 1.165) is 0 Å².